The maximum Gasteiger partial charge on any atom is 0.313 e. The van der Waals surface area contributed by atoms with Gasteiger partial charge in [-0.3, -0.25) is 9.59 Å². The van der Waals surface area contributed by atoms with Gasteiger partial charge in [0, 0.05) is 18.3 Å². The van der Waals surface area contributed by atoms with Crippen LogP contribution in [0.15, 0.2) is 22.2 Å². The predicted molar refractivity (Wildman–Crippen MR) is 78.1 cm³/mol. The van der Waals surface area contributed by atoms with E-state index in [9.17, 15) is 9.59 Å². The van der Waals surface area contributed by atoms with E-state index in [0.29, 0.717) is 23.0 Å². The molecule has 0 aromatic carbocycles. The van der Waals surface area contributed by atoms with E-state index in [1.165, 1.54) is 12.5 Å². The van der Waals surface area contributed by atoms with E-state index < -0.39 is 5.97 Å². The zero-order valence-electron chi connectivity index (χ0n) is 11.8. The molecule has 5 nitrogen and oxygen atoms in total. The second-order valence-corrected chi connectivity index (χ2v) is 6.65. The number of aliphatic carboxylic acids is 1. The molecule has 1 heterocycles. The monoisotopic (exact) mass is 296 g/mol. The zero-order valence-corrected chi connectivity index (χ0v) is 12.6. The zero-order chi connectivity index (χ0) is 14.7. The summed E-state index contributed by atoms with van der Waals surface area (Å²) in [6.45, 7) is 4.48. The number of nitrogens with zero attached hydrogens (tertiary/aromatic N) is 2. The van der Waals surface area contributed by atoms with E-state index in [4.69, 9.17) is 5.11 Å². The number of hydrogen-bond acceptors (Lipinski definition) is 4. The predicted octanol–water partition coefficient (Wildman–Crippen LogP) is 2.42. The molecule has 0 spiro atoms. The molecular formula is C14H20N2O3S. The van der Waals surface area contributed by atoms with Crippen LogP contribution in [0.1, 0.15) is 39.2 Å². The molecule has 1 aliphatic rings. The molecule has 110 valence electrons. The largest absolute Gasteiger partial charge is 0.481 e. The van der Waals surface area contributed by atoms with Crippen LogP contribution in [0, 0.1) is 11.8 Å². The van der Waals surface area contributed by atoms with Crippen LogP contribution in [0.2, 0.25) is 0 Å². The molecule has 1 fully saturated rings. The Labute approximate surface area is 122 Å². The Balaban J connectivity index is 2.25. The fourth-order valence-corrected chi connectivity index (χ4v) is 3.81. The Bertz CT molecular complexity index is 533. The summed E-state index contributed by atoms with van der Waals surface area (Å²) in [6, 6.07) is 1.76. The number of carbonyl (C=O) groups is 1. The molecule has 6 heteroatoms. The Morgan fingerprint density at radius 3 is 2.65 bits per heavy atom. The average Bonchev–Trinajstić information content (AvgIpc) is 2.35. The van der Waals surface area contributed by atoms with Crippen LogP contribution in [0.3, 0.4) is 0 Å². The number of carboxylic acid groups (broad SMARTS) is 1. The summed E-state index contributed by atoms with van der Waals surface area (Å²) in [5.74, 6) is 0.305. The van der Waals surface area contributed by atoms with Gasteiger partial charge in [-0.05, 0) is 31.1 Å². The molecular weight excluding hydrogens is 276 g/mol. The van der Waals surface area contributed by atoms with E-state index in [2.05, 4.69) is 18.8 Å². The first-order valence-electron chi connectivity index (χ1n) is 6.89. The summed E-state index contributed by atoms with van der Waals surface area (Å²) in [5.41, 5.74) is -0.314. The lowest BCUT2D eigenvalue weighted by Gasteiger charge is -2.33. The Hall–Kier alpha value is -1.30. The van der Waals surface area contributed by atoms with Crippen molar-refractivity contribution in [3.63, 3.8) is 0 Å². The molecule has 2 rings (SSSR count). The van der Waals surface area contributed by atoms with Crippen LogP contribution in [0.5, 0.6) is 0 Å². The van der Waals surface area contributed by atoms with E-state index >= 15 is 0 Å². The third-order valence-electron chi connectivity index (χ3n) is 3.68. The first-order valence-corrected chi connectivity index (χ1v) is 7.88. The van der Waals surface area contributed by atoms with Gasteiger partial charge >= 0.3 is 5.97 Å². The summed E-state index contributed by atoms with van der Waals surface area (Å²) >= 11 is 1.12. The first kappa shape index (κ1) is 15.1. The number of carboxylic acids is 1. The maximum atomic E-state index is 11.4. The van der Waals surface area contributed by atoms with E-state index in [1.807, 2.05) is 4.57 Å². The van der Waals surface area contributed by atoms with Crippen LogP contribution in [0.25, 0.3) is 0 Å². The third-order valence-corrected chi connectivity index (χ3v) is 4.63. The summed E-state index contributed by atoms with van der Waals surface area (Å²) in [6.07, 6.45) is 5.09. The third kappa shape index (κ3) is 3.85. The van der Waals surface area contributed by atoms with Crippen LogP contribution in [0.4, 0.5) is 0 Å². The van der Waals surface area contributed by atoms with Crippen LogP contribution < -0.4 is 5.56 Å². The molecule has 0 bridgehead atoms. The van der Waals surface area contributed by atoms with Crippen LogP contribution in [-0.4, -0.2) is 26.4 Å². The number of rotatable bonds is 4. The highest BCUT2D eigenvalue weighted by Gasteiger charge is 2.26. The lowest BCUT2D eigenvalue weighted by molar-refractivity contribution is -0.133. The van der Waals surface area contributed by atoms with Gasteiger partial charge < -0.3 is 9.67 Å². The Kier molecular flexibility index (Phi) is 4.86. The lowest BCUT2D eigenvalue weighted by atomic mass is 9.80. The maximum absolute atomic E-state index is 11.4. The SMILES string of the molecule is CC1CC(C)CC(n2ccc(=O)nc2SCC(=O)O)C1. The lowest BCUT2D eigenvalue weighted by Crippen LogP contribution is -2.25. The number of hydrogen-bond donors (Lipinski definition) is 1. The standard InChI is InChI=1S/C14H20N2O3S/c1-9-5-10(2)7-11(6-9)16-4-3-12(17)15-14(16)20-8-13(18)19/h3-4,9-11H,5-8H2,1-2H3,(H,18,19). The van der Waals surface area contributed by atoms with Crippen molar-refractivity contribution in [2.45, 2.75) is 44.3 Å². The molecule has 1 aromatic heterocycles. The van der Waals surface area contributed by atoms with Gasteiger partial charge in [-0.15, -0.1) is 0 Å². The molecule has 2 unspecified atom stereocenters. The topological polar surface area (TPSA) is 72.2 Å². The second kappa shape index (κ2) is 6.43. The quantitative estimate of drug-likeness (QED) is 0.682. The normalized spacial score (nSPS) is 26.4. The Morgan fingerprint density at radius 1 is 1.40 bits per heavy atom. The highest BCUT2D eigenvalue weighted by atomic mass is 32.2. The van der Waals surface area contributed by atoms with Crippen molar-refractivity contribution in [1.29, 1.82) is 0 Å². The van der Waals surface area contributed by atoms with Gasteiger partial charge in [0.2, 0.25) is 0 Å². The fourth-order valence-electron chi connectivity index (χ4n) is 3.04. The summed E-state index contributed by atoms with van der Waals surface area (Å²) in [5, 5.41) is 9.31. The van der Waals surface area contributed by atoms with Crippen molar-refractivity contribution in [2.24, 2.45) is 11.8 Å². The molecule has 0 aliphatic heterocycles. The average molecular weight is 296 g/mol. The number of aromatic nitrogens is 2. The summed E-state index contributed by atoms with van der Waals surface area (Å²) < 4.78 is 1.99. The van der Waals surface area contributed by atoms with E-state index in [-0.39, 0.29) is 11.3 Å². The molecule has 20 heavy (non-hydrogen) atoms. The van der Waals surface area contributed by atoms with Gasteiger partial charge in [-0.2, -0.15) is 4.98 Å². The van der Waals surface area contributed by atoms with Crippen molar-refractivity contribution in [3.05, 3.63) is 22.6 Å². The van der Waals surface area contributed by atoms with Gasteiger partial charge in [-0.1, -0.05) is 25.6 Å². The highest BCUT2D eigenvalue weighted by Crippen LogP contribution is 2.37. The molecule has 0 amide bonds. The number of thioether (sulfide) groups is 1. The van der Waals surface area contributed by atoms with Crippen LogP contribution >= 0.6 is 11.8 Å². The highest BCUT2D eigenvalue weighted by molar-refractivity contribution is 7.99. The molecule has 1 saturated carbocycles. The van der Waals surface area contributed by atoms with Gasteiger partial charge in [0.25, 0.3) is 5.56 Å². The molecule has 1 aromatic rings. The molecule has 1 aliphatic carbocycles. The van der Waals surface area contributed by atoms with Crippen LogP contribution in [-0.2, 0) is 4.79 Å². The van der Waals surface area contributed by atoms with Crippen molar-refractivity contribution < 1.29 is 9.90 Å². The van der Waals surface area contributed by atoms with Crippen molar-refractivity contribution in [3.8, 4) is 0 Å². The minimum Gasteiger partial charge on any atom is -0.481 e. The minimum absolute atomic E-state index is 0.0751. The van der Waals surface area contributed by atoms with Gasteiger partial charge in [0.15, 0.2) is 5.16 Å². The van der Waals surface area contributed by atoms with Crippen molar-refractivity contribution >= 4 is 17.7 Å². The molecule has 2 atom stereocenters. The molecule has 1 N–H and O–H groups in total. The summed E-state index contributed by atoms with van der Waals surface area (Å²) in [4.78, 5) is 26.1. The van der Waals surface area contributed by atoms with Crippen molar-refractivity contribution in [2.75, 3.05) is 5.75 Å². The van der Waals surface area contributed by atoms with E-state index in [1.54, 1.807) is 6.20 Å². The van der Waals surface area contributed by atoms with Gasteiger partial charge in [0.1, 0.15) is 0 Å². The summed E-state index contributed by atoms with van der Waals surface area (Å²) in [7, 11) is 0. The fraction of sp³-hybridized carbons (Fsp3) is 0.643. The van der Waals surface area contributed by atoms with Crippen molar-refractivity contribution in [1.82, 2.24) is 9.55 Å². The van der Waals surface area contributed by atoms with Gasteiger partial charge in [-0.25, -0.2) is 0 Å². The molecule has 0 radical (unpaired) electrons. The Morgan fingerprint density at radius 2 is 2.05 bits per heavy atom. The van der Waals surface area contributed by atoms with E-state index in [0.717, 1.165) is 24.6 Å². The van der Waals surface area contributed by atoms with Gasteiger partial charge in [0.05, 0.1) is 5.75 Å². The molecule has 0 saturated heterocycles. The second-order valence-electron chi connectivity index (χ2n) is 5.71. The smallest absolute Gasteiger partial charge is 0.313 e. The first-order chi connectivity index (χ1) is 9.45. The minimum atomic E-state index is -0.898.